The molecule has 1 atom stereocenters. The summed E-state index contributed by atoms with van der Waals surface area (Å²) in [5, 5.41) is 0.364. The Morgan fingerprint density at radius 3 is 2.50 bits per heavy atom. The summed E-state index contributed by atoms with van der Waals surface area (Å²) in [5.74, 6) is -0.350. The van der Waals surface area contributed by atoms with Crippen molar-refractivity contribution in [1.82, 2.24) is 0 Å². The Kier molecular flexibility index (Phi) is 3.69. The molecule has 2 aromatic carbocycles. The van der Waals surface area contributed by atoms with Gasteiger partial charge in [0.2, 0.25) is 0 Å². The first-order valence-corrected chi connectivity index (χ1v) is 6.15. The predicted molar refractivity (Wildman–Crippen MR) is 73.4 cm³/mol. The van der Waals surface area contributed by atoms with Gasteiger partial charge in [0, 0.05) is 5.02 Å². The van der Waals surface area contributed by atoms with Crippen LogP contribution >= 0.6 is 11.6 Å². The molecule has 0 heterocycles. The predicted octanol–water partition coefficient (Wildman–Crippen LogP) is 4.14. The molecule has 2 N–H and O–H groups in total. The summed E-state index contributed by atoms with van der Waals surface area (Å²) in [6, 6.07) is 9.97. The second-order valence-electron chi connectivity index (χ2n) is 4.43. The van der Waals surface area contributed by atoms with Crippen molar-refractivity contribution in [2.45, 2.75) is 19.9 Å². The number of halogens is 2. The van der Waals surface area contributed by atoms with Crippen LogP contribution in [0.15, 0.2) is 36.4 Å². The molecule has 0 saturated heterocycles. The molecule has 0 radical (unpaired) electrons. The lowest BCUT2D eigenvalue weighted by Gasteiger charge is -2.17. The van der Waals surface area contributed by atoms with Gasteiger partial charge in [-0.25, -0.2) is 4.39 Å². The zero-order valence-corrected chi connectivity index (χ0v) is 11.1. The van der Waals surface area contributed by atoms with Crippen LogP contribution in [0.5, 0.6) is 0 Å². The zero-order chi connectivity index (χ0) is 13.3. The first-order chi connectivity index (χ1) is 8.50. The minimum absolute atomic E-state index is 0.335. The molecule has 18 heavy (non-hydrogen) atoms. The van der Waals surface area contributed by atoms with Gasteiger partial charge in [0.15, 0.2) is 0 Å². The third-order valence-electron chi connectivity index (χ3n) is 3.28. The van der Waals surface area contributed by atoms with Crippen molar-refractivity contribution in [2.75, 3.05) is 0 Å². The van der Waals surface area contributed by atoms with E-state index in [0.717, 1.165) is 16.7 Å². The van der Waals surface area contributed by atoms with Crippen LogP contribution < -0.4 is 5.73 Å². The third-order valence-corrected chi connectivity index (χ3v) is 3.61. The van der Waals surface area contributed by atoms with Gasteiger partial charge in [-0.15, -0.1) is 0 Å². The molecule has 2 rings (SSSR count). The van der Waals surface area contributed by atoms with Gasteiger partial charge >= 0.3 is 0 Å². The number of aryl methyl sites for hydroxylation is 1. The summed E-state index contributed by atoms with van der Waals surface area (Å²) in [7, 11) is 0. The highest BCUT2D eigenvalue weighted by molar-refractivity contribution is 6.31. The molecule has 0 aliphatic rings. The van der Waals surface area contributed by atoms with E-state index in [2.05, 4.69) is 0 Å². The van der Waals surface area contributed by atoms with Crippen LogP contribution in [0.2, 0.25) is 5.02 Å². The SMILES string of the molecule is Cc1cccc(C(N)c2ccc(F)cc2Cl)c1C. The summed E-state index contributed by atoms with van der Waals surface area (Å²) in [6.07, 6.45) is 0. The van der Waals surface area contributed by atoms with E-state index in [9.17, 15) is 4.39 Å². The van der Waals surface area contributed by atoms with Crippen molar-refractivity contribution in [3.63, 3.8) is 0 Å². The Hall–Kier alpha value is -1.38. The lowest BCUT2D eigenvalue weighted by Crippen LogP contribution is -2.14. The molecule has 0 bridgehead atoms. The van der Waals surface area contributed by atoms with Gasteiger partial charge in [-0.2, -0.15) is 0 Å². The maximum absolute atomic E-state index is 13.0. The second kappa shape index (κ2) is 5.09. The highest BCUT2D eigenvalue weighted by Gasteiger charge is 2.15. The van der Waals surface area contributed by atoms with E-state index in [-0.39, 0.29) is 11.9 Å². The molecule has 0 saturated carbocycles. The van der Waals surface area contributed by atoms with Crippen LogP contribution in [0.4, 0.5) is 4.39 Å². The first kappa shape index (κ1) is 13.1. The topological polar surface area (TPSA) is 26.0 Å². The van der Waals surface area contributed by atoms with Crippen LogP contribution in [0.1, 0.15) is 28.3 Å². The molecule has 2 aromatic rings. The molecule has 0 amide bonds. The van der Waals surface area contributed by atoms with Crippen molar-refractivity contribution in [2.24, 2.45) is 5.73 Å². The fraction of sp³-hybridized carbons (Fsp3) is 0.200. The molecule has 1 unspecified atom stereocenters. The zero-order valence-electron chi connectivity index (χ0n) is 10.4. The molecule has 0 spiro atoms. The summed E-state index contributed by atoms with van der Waals surface area (Å²) >= 11 is 6.05. The quantitative estimate of drug-likeness (QED) is 0.866. The number of benzene rings is 2. The van der Waals surface area contributed by atoms with Gasteiger partial charge in [-0.05, 0) is 48.2 Å². The fourth-order valence-corrected chi connectivity index (χ4v) is 2.32. The number of nitrogens with two attached hydrogens (primary N) is 1. The number of rotatable bonds is 2. The Bertz CT molecular complexity index is 581. The molecule has 0 fully saturated rings. The Balaban J connectivity index is 2.48. The average molecular weight is 264 g/mol. The van der Waals surface area contributed by atoms with Crippen LogP contribution in [0.25, 0.3) is 0 Å². The van der Waals surface area contributed by atoms with E-state index in [1.807, 2.05) is 32.0 Å². The van der Waals surface area contributed by atoms with Crippen molar-refractivity contribution >= 4 is 11.6 Å². The number of hydrogen-bond donors (Lipinski definition) is 1. The van der Waals surface area contributed by atoms with Crippen molar-refractivity contribution in [3.05, 3.63) is 69.5 Å². The Morgan fingerprint density at radius 1 is 1.11 bits per heavy atom. The van der Waals surface area contributed by atoms with E-state index in [1.165, 1.54) is 17.7 Å². The largest absolute Gasteiger partial charge is 0.320 e. The molecule has 0 aliphatic heterocycles. The van der Waals surface area contributed by atoms with Crippen LogP contribution in [0.3, 0.4) is 0 Å². The molecular weight excluding hydrogens is 249 g/mol. The average Bonchev–Trinajstić information content (AvgIpc) is 2.32. The monoisotopic (exact) mass is 263 g/mol. The lowest BCUT2D eigenvalue weighted by atomic mass is 9.93. The van der Waals surface area contributed by atoms with E-state index in [4.69, 9.17) is 17.3 Å². The molecular formula is C15H15ClFN. The van der Waals surface area contributed by atoms with Gasteiger partial charge in [-0.3, -0.25) is 0 Å². The molecule has 94 valence electrons. The number of hydrogen-bond acceptors (Lipinski definition) is 1. The van der Waals surface area contributed by atoms with Gasteiger partial charge in [0.25, 0.3) is 0 Å². The summed E-state index contributed by atoms with van der Waals surface area (Å²) < 4.78 is 13.0. The lowest BCUT2D eigenvalue weighted by molar-refractivity contribution is 0.626. The van der Waals surface area contributed by atoms with E-state index >= 15 is 0 Å². The smallest absolute Gasteiger partial charge is 0.124 e. The van der Waals surface area contributed by atoms with Gasteiger partial charge in [0.05, 0.1) is 6.04 Å². The highest BCUT2D eigenvalue weighted by atomic mass is 35.5. The van der Waals surface area contributed by atoms with Crippen LogP contribution in [-0.4, -0.2) is 0 Å². The summed E-state index contributed by atoms with van der Waals surface area (Å²) in [6.45, 7) is 4.07. The van der Waals surface area contributed by atoms with Gasteiger partial charge < -0.3 is 5.73 Å². The van der Waals surface area contributed by atoms with Crippen molar-refractivity contribution in [3.8, 4) is 0 Å². The maximum Gasteiger partial charge on any atom is 0.124 e. The molecule has 0 aromatic heterocycles. The molecule has 3 heteroatoms. The third kappa shape index (κ3) is 2.40. The van der Waals surface area contributed by atoms with Crippen molar-refractivity contribution < 1.29 is 4.39 Å². The highest BCUT2D eigenvalue weighted by Crippen LogP contribution is 2.29. The Labute approximate surface area is 111 Å². The van der Waals surface area contributed by atoms with Gasteiger partial charge in [-0.1, -0.05) is 35.9 Å². The minimum atomic E-state index is -0.350. The van der Waals surface area contributed by atoms with Crippen LogP contribution in [-0.2, 0) is 0 Å². The Morgan fingerprint density at radius 2 is 1.83 bits per heavy atom. The standard InChI is InChI=1S/C15H15ClFN/c1-9-4-3-5-12(10(9)2)15(18)13-7-6-11(17)8-14(13)16/h3-8,15H,18H2,1-2H3. The molecule has 0 aliphatic carbocycles. The summed E-state index contributed by atoms with van der Waals surface area (Å²) in [4.78, 5) is 0. The van der Waals surface area contributed by atoms with Gasteiger partial charge in [0.1, 0.15) is 5.82 Å². The second-order valence-corrected chi connectivity index (χ2v) is 4.84. The van der Waals surface area contributed by atoms with Crippen LogP contribution in [0, 0.1) is 19.7 Å². The van der Waals surface area contributed by atoms with E-state index in [1.54, 1.807) is 6.07 Å². The summed E-state index contributed by atoms with van der Waals surface area (Å²) in [5.41, 5.74) is 10.3. The normalized spacial score (nSPS) is 12.5. The van der Waals surface area contributed by atoms with E-state index in [0.29, 0.717) is 5.02 Å². The first-order valence-electron chi connectivity index (χ1n) is 5.77. The fourth-order valence-electron chi connectivity index (χ4n) is 2.03. The molecule has 1 nitrogen and oxygen atoms in total. The van der Waals surface area contributed by atoms with E-state index < -0.39 is 0 Å². The minimum Gasteiger partial charge on any atom is -0.320 e. The maximum atomic E-state index is 13.0. The van der Waals surface area contributed by atoms with Crippen molar-refractivity contribution in [1.29, 1.82) is 0 Å².